The molecule has 3 rings (SSSR count). The molecule has 0 aliphatic carbocycles. The van der Waals surface area contributed by atoms with Gasteiger partial charge in [-0.1, -0.05) is 30.4 Å². The average Bonchev–Trinajstić information content (AvgIpc) is 3.26. The number of carbonyl (C=O) groups excluding carboxylic acids is 2. The third kappa shape index (κ3) is 5.29. The Kier molecular flexibility index (Phi) is 6.68. The summed E-state index contributed by atoms with van der Waals surface area (Å²) in [5.74, 6) is -3.40. The van der Waals surface area contributed by atoms with Crippen LogP contribution in [0.15, 0.2) is 53.1 Å². The van der Waals surface area contributed by atoms with Gasteiger partial charge in [0.15, 0.2) is 17.3 Å². The molecule has 0 aliphatic heterocycles. The van der Waals surface area contributed by atoms with E-state index in [4.69, 9.17) is 10.2 Å². The molecular formula is C21H15F4N3O4S. The fourth-order valence-corrected chi connectivity index (χ4v) is 3.36. The summed E-state index contributed by atoms with van der Waals surface area (Å²) in [7, 11) is 0. The highest BCUT2D eigenvalue weighted by molar-refractivity contribution is 7.80. The third-order valence-corrected chi connectivity index (χ3v) is 4.78. The lowest BCUT2D eigenvalue weighted by molar-refractivity contribution is -0.137. The number of primary amides is 1. The lowest BCUT2D eigenvalue weighted by Gasteiger charge is -2.19. The number of anilines is 1. The Labute approximate surface area is 189 Å². The van der Waals surface area contributed by atoms with Gasteiger partial charge in [0.1, 0.15) is 4.99 Å². The number of hydrogen-bond donors (Lipinski definition) is 4. The van der Waals surface area contributed by atoms with Gasteiger partial charge in [-0.05, 0) is 35.4 Å². The van der Waals surface area contributed by atoms with Gasteiger partial charge >= 0.3 is 12.2 Å². The number of alkyl halides is 3. The van der Waals surface area contributed by atoms with Crippen molar-refractivity contribution < 1.29 is 36.7 Å². The number of hydrogen-bond acceptors (Lipinski definition) is 5. The van der Waals surface area contributed by atoms with E-state index in [1.54, 1.807) is 17.4 Å². The Bertz CT molecular complexity index is 1230. The molecule has 0 atom stereocenters. The van der Waals surface area contributed by atoms with E-state index in [-0.39, 0.29) is 17.0 Å². The number of benzene rings is 2. The fraction of sp³-hybridized carbons (Fsp3) is 0.0952. The van der Waals surface area contributed by atoms with E-state index >= 15 is 0 Å². The van der Waals surface area contributed by atoms with Crippen molar-refractivity contribution in [1.29, 1.82) is 0 Å². The molecule has 0 spiro atoms. The minimum Gasteiger partial charge on any atom is -0.504 e. The molecule has 0 saturated heterocycles. The number of phenolic OH excluding ortho intramolecular Hbond substituents is 1. The minimum atomic E-state index is -5.05. The number of furan rings is 1. The monoisotopic (exact) mass is 481 g/mol. The zero-order chi connectivity index (χ0) is 24.3. The van der Waals surface area contributed by atoms with Crippen LogP contribution in [0.4, 0.5) is 28.0 Å². The second kappa shape index (κ2) is 9.28. The van der Waals surface area contributed by atoms with Crippen LogP contribution in [0.5, 0.6) is 5.75 Å². The SMILES string of the molecule is NC(=O)NC(=S)c1c(C(F)(F)F)cc(Cc2ccccc2NC(=O)c2ccco2)c(F)c1O. The largest absolute Gasteiger partial charge is 0.504 e. The number of amides is 3. The average molecular weight is 481 g/mol. The Balaban J connectivity index is 2.03. The quantitative estimate of drug-likeness (QED) is 0.320. The fourth-order valence-electron chi connectivity index (χ4n) is 3.05. The number of para-hydroxylation sites is 1. The van der Waals surface area contributed by atoms with E-state index in [1.165, 1.54) is 30.5 Å². The van der Waals surface area contributed by atoms with E-state index in [0.717, 1.165) is 0 Å². The summed E-state index contributed by atoms with van der Waals surface area (Å²) in [5, 5.41) is 14.5. The van der Waals surface area contributed by atoms with E-state index in [9.17, 15) is 32.3 Å². The first kappa shape index (κ1) is 23.7. The molecule has 3 aromatic rings. The van der Waals surface area contributed by atoms with Crippen LogP contribution in [0.25, 0.3) is 0 Å². The van der Waals surface area contributed by atoms with Crippen LogP contribution >= 0.6 is 12.2 Å². The molecule has 172 valence electrons. The number of aromatic hydroxyl groups is 1. The highest BCUT2D eigenvalue weighted by atomic mass is 32.1. The van der Waals surface area contributed by atoms with Crippen molar-refractivity contribution in [1.82, 2.24) is 5.32 Å². The van der Waals surface area contributed by atoms with Crippen molar-refractivity contribution in [3.63, 3.8) is 0 Å². The summed E-state index contributed by atoms with van der Waals surface area (Å²) in [6.45, 7) is 0. The van der Waals surface area contributed by atoms with Crippen LogP contribution in [0.3, 0.4) is 0 Å². The van der Waals surface area contributed by atoms with Crippen molar-refractivity contribution >= 4 is 34.8 Å². The van der Waals surface area contributed by atoms with Crippen LogP contribution in [0.1, 0.15) is 32.8 Å². The van der Waals surface area contributed by atoms with E-state index in [2.05, 4.69) is 17.5 Å². The first-order chi connectivity index (χ1) is 15.5. The van der Waals surface area contributed by atoms with Gasteiger partial charge in [0.2, 0.25) is 0 Å². The Morgan fingerprint density at radius 3 is 2.42 bits per heavy atom. The molecule has 1 heterocycles. The van der Waals surface area contributed by atoms with Crippen LogP contribution in [0.2, 0.25) is 0 Å². The molecule has 0 aliphatic rings. The molecule has 12 heteroatoms. The van der Waals surface area contributed by atoms with E-state index < -0.39 is 57.8 Å². The van der Waals surface area contributed by atoms with Gasteiger partial charge in [0, 0.05) is 12.1 Å². The Hall–Kier alpha value is -3.93. The number of carbonyl (C=O) groups is 2. The van der Waals surface area contributed by atoms with Gasteiger partial charge < -0.3 is 20.6 Å². The molecule has 1 aromatic heterocycles. The molecule has 0 fully saturated rings. The van der Waals surface area contributed by atoms with Crippen molar-refractivity contribution in [3.8, 4) is 5.75 Å². The van der Waals surface area contributed by atoms with Gasteiger partial charge in [-0.15, -0.1) is 0 Å². The maximum Gasteiger partial charge on any atom is 0.417 e. The molecule has 0 unspecified atom stereocenters. The first-order valence-corrected chi connectivity index (χ1v) is 9.55. The second-order valence-electron chi connectivity index (χ2n) is 6.70. The maximum absolute atomic E-state index is 14.9. The minimum absolute atomic E-state index is 0.00666. The normalized spacial score (nSPS) is 11.2. The number of nitrogens with two attached hydrogens (primary N) is 1. The third-order valence-electron chi connectivity index (χ3n) is 4.48. The number of urea groups is 1. The molecule has 33 heavy (non-hydrogen) atoms. The molecule has 7 nitrogen and oxygen atoms in total. The van der Waals surface area contributed by atoms with Gasteiger partial charge in [0.25, 0.3) is 5.91 Å². The van der Waals surface area contributed by atoms with Crippen molar-refractivity contribution in [2.24, 2.45) is 5.73 Å². The van der Waals surface area contributed by atoms with Crippen LogP contribution in [0, 0.1) is 5.82 Å². The van der Waals surface area contributed by atoms with E-state index in [1.807, 2.05) is 0 Å². The molecule has 0 saturated carbocycles. The summed E-state index contributed by atoms with van der Waals surface area (Å²) < 4.78 is 60.9. The number of rotatable bonds is 5. The highest BCUT2D eigenvalue weighted by Crippen LogP contribution is 2.39. The van der Waals surface area contributed by atoms with Gasteiger partial charge in [-0.3, -0.25) is 10.1 Å². The molecule has 0 radical (unpaired) electrons. The smallest absolute Gasteiger partial charge is 0.417 e. The van der Waals surface area contributed by atoms with Gasteiger partial charge in [-0.25, -0.2) is 9.18 Å². The van der Waals surface area contributed by atoms with Crippen LogP contribution in [-0.2, 0) is 12.6 Å². The van der Waals surface area contributed by atoms with Crippen LogP contribution in [-0.4, -0.2) is 22.0 Å². The first-order valence-electron chi connectivity index (χ1n) is 9.14. The zero-order valence-electron chi connectivity index (χ0n) is 16.5. The summed E-state index contributed by atoms with van der Waals surface area (Å²) in [4.78, 5) is 22.4. The Morgan fingerprint density at radius 2 is 1.82 bits per heavy atom. The predicted octanol–water partition coefficient (Wildman–Crippen LogP) is 4.33. The van der Waals surface area contributed by atoms with Gasteiger partial charge in [-0.2, -0.15) is 13.2 Å². The Morgan fingerprint density at radius 1 is 1.12 bits per heavy atom. The van der Waals surface area contributed by atoms with Gasteiger partial charge in [0.05, 0.1) is 17.4 Å². The van der Waals surface area contributed by atoms with Crippen molar-refractivity contribution in [2.75, 3.05) is 5.32 Å². The number of halogens is 4. The summed E-state index contributed by atoms with van der Waals surface area (Å²) in [5.41, 5.74) is 2.22. The molecule has 2 aromatic carbocycles. The maximum atomic E-state index is 14.9. The summed E-state index contributed by atoms with van der Waals surface area (Å²) in [6, 6.07) is 8.15. The standard InChI is InChI=1S/C21H15F4N3O4S/c22-16-11(9-12(21(23,24)25)15(17(16)29)19(33)28-20(26)31)8-10-4-1-2-5-13(10)27-18(30)14-6-3-7-32-14/h1-7,9,29H,8H2,(H,27,30)(H3,26,28,31,33). The summed E-state index contributed by atoms with van der Waals surface area (Å²) in [6.07, 6.45) is -4.18. The lowest BCUT2D eigenvalue weighted by Crippen LogP contribution is -2.35. The molecule has 5 N–H and O–H groups in total. The molecular weight excluding hydrogens is 466 g/mol. The lowest BCUT2D eigenvalue weighted by atomic mass is 9.96. The number of phenols is 1. The van der Waals surface area contributed by atoms with Crippen molar-refractivity contribution in [3.05, 3.63) is 82.6 Å². The zero-order valence-corrected chi connectivity index (χ0v) is 17.3. The second-order valence-corrected chi connectivity index (χ2v) is 7.11. The highest BCUT2D eigenvalue weighted by Gasteiger charge is 2.38. The predicted molar refractivity (Wildman–Crippen MR) is 113 cm³/mol. The number of nitrogens with one attached hydrogen (secondary N) is 2. The van der Waals surface area contributed by atoms with E-state index in [0.29, 0.717) is 6.07 Å². The molecule has 0 bridgehead atoms. The topological polar surface area (TPSA) is 118 Å². The summed E-state index contributed by atoms with van der Waals surface area (Å²) >= 11 is 4.69. The van der Waals surface area contributed by atoms with Crippen LogP contribution < -0.4 is 16.4 Å². The van der Waals surface area contributed by atoms with Crippen molar-refractivity contribution in [2.45, 2.75) is 12.6 Å². The number of thiocarbonyl (C=S) groups is 1. The molecule has 3 amide bonds.